The number of rotatable bonds is 3. The Hall–Kier alpha value is -2.42. The van der Waals surface area contributed by atoms with Gasteiger partial charge in [-0.25, -0.2) is 0 Å². The Labute approximate surface area is 149 Å². The summed E-state index contributed by atoms with van der Waals surface area (Å²) in [6, 6.07) is 9.88. The third-order valence-corrected chi connectivity index (χ3v) is 1.89. The Morgan fingerprint density at radius 2 is 1.38 bits per heavy atom. The first-order valence-corrected chi connectivity index (χ1v) is 5.94. The van der Waals surface area contributed by atoms with Crippen molar-refractivity contribution in [2.75, 3.05) is 6.54 Å². The van der Waals surface area contributed by atoms with Crippen LogP contribution in [-0.2, 0) is 39.1 Å². The van der Waals surface area contributed by atoms with Crippen molar-refractivity contribution >= 4 is 4.50 Å². The summed E-state index contributed by atoms with van der Waals surface area (Å²) >= 11 is 2.87. The van der Waals surface area contributed by atoms with Gasteiger partial charge in [-0.05, 0) is 0 Å². The van der Waals surface area contributed by atoms with E-state index in [2.05, 4.69) is 72.8 Å². The second-order valence-corrected chi connectivity index (χ2v) is 3.25. The Morgan fingerprint density at radius 3 is 1.75 bits per heavy atom. The van der Waals surface area contributed by atoms with E-state index in [1.165, 1.54) is 0 Å². The Bertz CT molecular complexity index is 539. The Morgan fingerprint density at radius 1 is 0.958 bits per heavy atom. The number of hydrogen-bond donors (Lipinski definition) is 1. The molecule has 0 aliphatic carbocycles. The van der Waals surface area contributed by atoms with Crippen molar-refractivity contribution in [2.24, 2.45) is 0 Å². The summed E-state index contributed by atoms with van der Waals surface area (Å²) in [6.45, 7) is 26.8. The van der Waals surface area contributed by atoms with Gasteiger partial charge >= 0.3 is 149 Å². The SMILES string of the molecule is C=CCN[C](=[Cr])C#Cc1ccccc1.[C-]#[O+].[C-]#[O+].[C-]#[O+].[C-]#[O+].[C-]#[O+]. The number of hydrogen-bond acceptors (Lipinski definition) is 1. The Kier molecular flexibility index (Phi) is 59.3. The van der Waals surface area contributed by atoms with Gasteiger partial charge in [0.25, 0.3) is 0 Å². The molecule has 1 aromatic rings. The van der Waals surface area contributed by atoms with Gasteiger partial charge in [0.2, 0.25) is 0 Å². The van der Waals surface area contributed by atoms with Crippen LogP contribution in [-0.4, -0.2) is 11.0 Å². The van der Waals surface area contributed by atoms with Crippen molar-refractivity contribution in [1.29, 1.82) is 0 Å². The van der Waals surface area contributed by atoms with E-state index in [-0.39, 0.29) is 0 Å². The van der Waals surface area contributed by atoms with Crippen molar-refractivity contribution in [3.05, 3.63) is 81.8 Å². The summed E-state index contributed by atoms with van der Waals surface area (Å²) in [6.07, 6.45) is 1.79. The molecule has 1 N–H and O–H groups in total. The van der Waals surface area contributed by atoms with Gasteiger partial charge in [-0.1, -0.05) is 0 Å². The van der Waals surface area contributed by atoms with Gasteiger partial charge < -0.3 is 0 Å². The molecule has 7 heteroatoms. The summed E-state index contributed by atoms with van der Waals surface area (Å²) in [7, 11) is 0. The predicted octanol–water partition coefficient (Wildman–Crippen LogP) is 1.30. The van der Waals surface area contributed by atoms with E-state index in [4.69, 9.17) is 23.3 Å². The molecule has 0 spiro atoms. The summed E-state index contributed by atoms with van der Waals surface area (Å²) in [5.41, 5.74) is 1.01. The summed E-state index contributed by atoms with van der Waals surface area (Å²) < 4.78 is 38.3. The van der Waals surface area contributed by atoms with E-state index >= 15 is 0 Å². The molecule has 0 aliphatic heterocycles. The van der Waals surface area contributed by atoms with Crippen molar-refractivity contribution in [3.63, 3.8) is 0 Å². The molecule has 0 radical (unpaired) electrons. The van der Waals surface area contributed by atoms with Crippen molar-refractivity contribution in [3.8, 4) is 11.8 Å². The van der Waals surface area contributed by atoms with Crippen LogP contribution in [0, 0.1) is 45.1 Å². The number of benzene rings is 1. The monoisotopic (exact) mass is 361 g/mol. The Balaban J connectivity index is -0.000000103. The molecule has 0 fully saturated rings. The van der Waals surface area contributed by atoms with Crippen LogP contribution in [0.5, 0.6) is 0 Å². The van der Waals surface area contributed by atoms with Gasteiger partial charge in [-0.3, -0.25) is 0 Å². The fourth-order valence-electron chi connectivity index (χ4n) is 0.859. The zero-order chi connectivity index (χ0) is 20.2. The van der Waals surface area contributed by atoms with Gasteiger partial charge in [-0.2, -0.15) is 0 Å². The van der Waals surface area contributed by atoms with Crippen LogP contribution in [0.2, 0.25) is 0 Å². The standard InChI is InChI=1S/C12H11N.5CO.Cr/c1-2-10-13-11-6-9-12-7-4-3-5-8-12;5*1-2;/h2-5,7-8,13H,1,10H2;;;;;;. The molecule has 0 heterocycles. The van der Waals surface area contributed by atoms with E-state index in [0.29, 0.717) is 0 Å². The first kappa shape index (κ1) is 33.3. The normalized spacial score (nSPS) is 5.42. The van der Waals surface area contributed by atoms with Gasteiger partial charge in [0.1, 0.15) is 0 Å². The van der Waals surface area contributed by atoms with E-state index in [1.54, 1.807) is 6.08 Å². The first-order chi connectivity index (χ1) is 11.8. The van der Waals surface area contributed by atoms with Crippen LogP contribution in [0.3, 0.4) is 0 Å². The molecule has 0 aliphatic rings. The molecule has 0 saturated carbocycles. The molecule has 0 unspecified atom stereocenters. The maximum atomic E-state index is 7.50. The maximum absolute atomic E-state index is 7.50. The van der Waals surface area contributed by atoms with Crippen molar-refractivity contribution in [2.45, 2.75) is 0 Å². The van der Waals surface area contributed by atoms with Crippen LogP contribution < -0.4 is 5.32 Å². The molecule has 0 aromatic heterocycles. The second-order valence-electron chi connectivity index (χ2n) is 2.61. The minimum atomic E-state index is 0.728. The molecule has 0 atom stereocenters. The van der Waals surface area contributed by atoms with E-state index in [1.807, 2.05) is 30.3 Å². The van der Waals surface area contributed by atoms with Crippen LogP contribution in [0.4, 0.5) is 0 Å². The zero-order valence-corrected chi connectivity index (χ0v) is 13.6. The van der Waals surface area contributed by atoms with Crippen LogP contribution in [0.1, 0.15) is 5.56 Å². The van der Waals surface area contributed by atoms with Gasteiger partial charge in [0, 0.05) is 0 Å². The molecule has 0 bridgehead atoms. The van der Waals surface area contributed by atoms with Gasteiger partial charge in [0.05, 0.1) is 0 Å². The molecule has 24 heavy (non-hydrogen) atoms. The molecular weight excluding hydrogens is 350 g/mol. The second kappa shape index (κ2) is 42.8. The van der Waals surface area contributed by atoms with E-state index in [9.17, 15) is 0 Å². The molecular formula is C17H11CrNO5. The van der Waals surface area contributed by atoms with Gasteiger partial charge in [-0.15, -0.1) is 0 Å². The van der Waals surface area contributed by atoms with E-state index in [0.717, 1.165) is 16.6 Å². The molecule has 120 valence electrons. The molecule has 1 rings (SSSR count). The average Bonchev–Trinajstić information content (AvgIpc) is 2.73. The number of nitrogens with one attached hydrogen (secondary N) is 1. The average molecular weight is 361 g/mol. The van der Waals surface area contributed by atoms with Crippen LogP contribution >= 0.6 is 0 Å². The third-order valence-electron chi connectivity index (χ3n) is 1.50. The fourth-order valence-corrected chi connectivity index (χ4v) is 1.07. The summed E-state index contributed by atoms with van der Waals surface area (Å²) in [4.78, 5) is 0. The molecule has 0 amide bonds. The van der Waals surface area contributed by atoms with Crippen molar-refractivity contribution < 1.29 is 39.1 Å². The summed E-state index contributed by atoms with van der Waals surface area (Å²) in [5, 5.41) is 3.07. The molecule has 1 aromatic carbocycles. The first-order valence-electron chi connectivity index (χ1n) is 5.31. The van der Waals surface area contributed by atoms with Crippen LogP contribution in [0.15, 0.2) is 43.0 Å². The molecule has 6 nitrogen and oxygen atoms in total. The predicted molar refractivity (Wildman–Crippen MR) is 76.2 cm³/mol. The quantitative estimate of drug-likeness (QED) is 0.372. The zero-order valence-electron chi connectivity index (χ0n) is 12.3. The van der Waals surface area contributed by atoms with Crippen molar-refractivity contribution in [1.82, 2.24) is 5.32 Å². The van der Waals surface area contributed by atoms with Gasteiger partial charge in [0.15, 0.2) is 0 Å². The molecule has 0 saturated heterocycles. The third kappa shape index (κ3) is 31.8. The topological polar surface area (TPSA) is 112 Å². The van der Waals surface area contributed by atoms with E-state index < -0.39 is 0 Å². The van der Waals surface area contributed by atoms with Crippen LogP contribution in [0.25, 0.3) is 0 Å². The minimum absolute atomic E-state index is 0.728. The summed E-state index contributed by atoms with van der Waals surface area (Å²) in [5.74, 6) is 6.02. The fraction of sp³-hybridized carbons (Fsp3) is 0.0588.